The van der Waals surface area contributed by atoms with Crippen molar-refractivity contribution in [2.45, 2.75) is 26.2 Å². The minimum atomic E-state index is -0.244. The molecule has 1 atom stereocenters. The first-order chi connectivity index (χ1) is 13.0. The number of carbonyl (C=O) groups excluding carboxylic acids is 1. The first-order valence-electron chi connectivity index (χ1n) is 8.93. The van der Waals surface area contributed by atoms with Crippen molar-refractivity contribution in [1.29, 1.82) is 0 Å². The highest BCUT2D eigenvalue weighted by atomic mass is 35.5. The van der Waals surface area contributed by atoms with Crippen LogP contribution in [0.5, 0.6) is 0 Å². The molecule has 0 saturated carbocycles. The Morgan fingerprint density at radius 2 is 2.07 bits per heavy atom. The summed E-state index contributed by atoms with van der Waals surface area (Å²) in [7, 11) is 0. The standard InChI is InChI=1S/C21H19Cl2N3O/c1-12-2-6-19-15(8-12)16-10-14(4-7-20(16)25-19)21(27)26-24-11-13-3-5-17(22)18(23)9-13/h3-5,7,9-12,25H,2,6,8H2,1H3,(H,26,27)/b24-11-. The smallest absolute Gasteiger partial charge is 0.271 e. The Labute approximate surface area is 167 Å². The summed E-state index contributed by atoms with van der Waals surface area (Å²) < 4.78 is 0. The van der Waals surface area contributed by atoms with Gasteiger partial charge in [-0.15, -0.1) is 0 Å². The fourth-order valence-corrected chi connectivity index (χ4v) is 3.86. The molecule has 0 aliphatic heterocycles. The molecule has 4 rings (SSSR count). The van der Waals surface area contributed by atoms with Gasteiger partial charge in [-0.1, -0.05) is 36.2 Å². The van der Waals surface area contributed by atoms with Gasteiger partial charge in [0, 0.05) is 22.2 Å². The summed E-state index contributed by atoms with van der Waals surface area (Å²) >= 11 is 11.9. The lowest BCUT2D eigenvalue weighted by Gasteiger charge is -2.18. The van der Waals surface area contributed by atoms with E-state index in [0.717, 1.165) is 29.3 Å². The summed E-state index contributed by atoms with van der Waals surface area (Å²) in [4.78, 5) is 16.0. The minimum absolute atomic E-state index is 0.244. The van der Waals surface area contributed by atoms with Crippen molar-refractivity contribution in [3.05, 3.63) is 68.8 Å². The highest BCUT2D eigenvalue weighted by Crippen LogP contribution is 2.32. The van der Waals surface area contributed by atoms with Gasteiger partial charge in [-0.25, -0.2) is 5.43 Å². The summed E-state index contributed by atoms with van der Waals surface area (Å²) in [6, 6.07) is 10.9. The maximum atomic E-state index is 12.5. The summed E-state index contributed by atoms with van der Waals surface area (Å²) in [6.45, 7) is 2.27. The van der Waals surface area contributed by atoms with Gasteiger partial charge in [0.1, 0.15) is 0 Å². The van der Waals surface area contributed by atoms with Gasteiger partial charge in [-0.3, -0.25) is 4.79 Å². The topological polar surface area (TPSA) is 57.2 Å². The van der Waals surface area contributed by atoms with Gasteiger partial charge in [0.2, 0.25) is 0 Å². The third-order valence-corrected chi connectivity index (χ3v) is 5.76. The van der Waals surface area contributed by atoms with Crippen LogP contribution in [0.2, 0.25) is 10.0 Å². The van der Waals surface area contributed by atoms with Gasteiger partial charge in [0.15, 0.2) is 0 Å². The number of fused-ring (bicyclic) bond motifs is 3. The van der Waals surface area contributed by atoms with Gasteiger partial charge in [-0.2, -0.15) is 5.10 Å². The molecule has 4 nitrogen and oxygen atoms in total. The number of hydrogen-bond acceptors (Lipinski definition) is 2. The van der Waals surface area contributed by atoms with Crippen molar-refractivity contribution in [1.82, 2.24) is 10.4 Å². The number of aryl methyl sites for hydroxylation is 1. The summed E-state index contributed by atoms with van der Waals surface area (Å²) in [5.41, 5.74) is 7.66. The summed E-state index contributed by atoms with van der Waals surface area (Å²) in [5.74, 6) is 0.428. The van der Waals surface area contributed by atoms with E-state index in [1.807, 2.05) is 18.2 Å². The SMILES string of the molecule is CC1CCc2[nH]c3ccc(C(=O)N/N=C\c4ccc(Cl)c(Cl)c4)cc3c2C1. The predicted molar refractivity (Wildman–Crippen MR) is 111 cm³/mol. The molecule has 1 heterocycles. The number of halogens is 2. The molecule has 2 aromatic carbocycles. The number of hydrogen-bond donors (Lipinski definition) is 2. The van der Waals surface area contributed by atoms with Crippen LogP contribution in [0.15, 0.2) is 41.5 Å². The van der Waals surface area contributed by atoms with Crippen LogP contribution < -0.4 is 5.43 Å². The molecule has 27 heavy (non-hydrogen) atoms. The Morgan fingerprint density at radius 3 is 2.89 bits per heavy atom. The fourth-order valence-electron chi connectivity index (χ4n) is 3.56. The largest absolute Gasteiger partial charge is 0.358 e. The maximum Gasteiger partial charge on any atom is 0.271 e. The Hall–Kier alpha value is -2.30. The zero-order chi connectivity index (χ0) is 19.0. The normalized spacial score (nSPS) is 16.6. The molecule has 1 aliphatic rings. The second-order valence-electron chi connectivity index (χ2n) is 7.06. The van der Waals surface area contributed by atoms with E-state index in [-0.39, 0.29) is 5.91 Å². The number of benzene rings is 2. The highest BCUT2D eigenvalue weighted by Gasteiger charge is 2.20. The van der Waals surface area contributed by atoms with E-state index < -0.39 is 0 Å². The zero-order valence-electron chi connectivity index (χ0n) is 14.9. The van der Waals surface area contributed by atoms with E-state index >= 15 is 0 Å². The van der Waals surface area contributed by atoms with Gasteiger partial charge < -0.3 is 4.98 Å². The number of aromatic nitrogens is 1. The van der Waals surface area contributed by atoms with E-state index in [9.17, 15) is 4.79 Å². The Morgan fingerprint density at radius 1 is 1.22 bits per heavy atom. The van der Waals surface area contributed by atoms with Crippen LogP contribution >= 0.6 is 23.2 Å². The van der Waals surface area contributed by atoms with Gasteiger partial charge in [-0.05, 0) is 66.6 Å². The molecule has 0 radical (unpaired) electrons. The third-order valence-electron chi connectivity index (χ3n) is 5.02. The molecule has 138 valence electrons. The number of hydrazone groups is 1. The Balaban J connectivity index is 1.53. The van der Waals surface area contributed by atoms with Crippen LogP contribution in [0.1, 0.15) is 40.5 Å². The van der Waals surface area contributed by atoms with Crippen molar-refractivity contribution in [3.8, 4) is 0 Å². The Bertz CT molecular complexity index is 1060. The molecular formula is C21H19Cl2N3O. The molecule has 1 aliphatic carbocycles. The van der Waals surface area contributed by atoms with E-state index in [2.05, 4.69) is 22.4 Å². The predicted octanol–water partition coefficient (Wildman–Crippen LogP) is 5.36. The lowest BCUT2D eigenvalue weighted by Crippen LogP contribution is -2.17. The lowest BCUT2D eigenvalue weighted by molar-refractivity contribution is 0.0955. The van der Waals surface area contributed by atoms with Gasteiger partial charge in [0.05, 0.1) is 16.3 Å². The monoisotopic (exact) mass is 399 g/mol. The number of aromatic amines is 1. The van der Waals surface area contributed by atoms with Crippen LogP contribution in [0.3, 0.4) is 0 Å². The van der Waals surface area contributed by atoms with Crippen molar-refractivity contribution < 1.29 is 4.79 Å². The number of carbonyl (C=O) groups is 1. The van der Waals surface area contributed by atoms with Gasteiger partial charge >= 0.3 is 0 Å². The molecule has 1 aromatic heterocycles. The van der Waals surface area contributed by atoms with E-state index in [1.165, 1.54) is 17.7 Å². The number of amides is 1. The Kier molecular flexibility index (Phi) is 4.94. The first-order valence-corrected chi connectivity index (χ1v) is 9.69. The highest BCUT2D eigenvalue weighted by molar-refractivity contribution is 6.42. The van der Waals surface area contributed by atoms with Crippen LogP contribution in [0, 0.1) is 5.92 Å². The van der Waals surface area contributed by atoms with Crippen LogP contribution in [0.25, 0.3) is 10.9 Å². The maximum absolute atomic E-state index is 12.5. The minimum Gasteiger partial charge on any atom is -0.358 e. The number of H-pyrrole nitrogens is 1. The van der Waals surface area contributed by atoms with E-state index in [0.29, 0.717) is 21.5 Å². The molecule has 0 bridgehead atoms. The summed E-state index contributed by atoms with van der Waals surface area (Å²) in [6.07, 6.45) is 4.87. The third kappa shape index (κ3) is 3.73. The lowest BCUT2D eigenvalue weighted by atomic mass is 9.87. The van der Waals surface area contributed by atoms with Crippen LogP contribution in [0.4, 0.5) is 0 Å². The summed E-state index contributed by atoms with van der Waals surface area (Å²) in [5, 5.41) is 6.09. The molecule has 3 aromatic rings. The van der Waals surface area contributed by atoms with Crippen LogP contribution in [-0.2, 0) is 12.8 Å². The molecule has 0 saturated heterocycles. The van der Waals surface area contributed by atoms with Gasteiger partial charge in [0.25, 0.3) is 5.91 Å². The second kappa shape index (κ2) is 7.37. The average Bonchev–Trinajstić information content (AvgIpc) is 3.01. The van der Waals surface area contributed by atoms with Crippen molar-refractivity contribution >= 4 is 46.2 Å². The first kappa shape index (κ1) is 18.1. The van der Waals surface area contributed by atoms with Crippen LogP contribution in [-0.4, -0.2) is 17.1 Å². The molecular weight excluding hydrogens is 381 g/mol. The fraction of sp³-hybridized carbons (Fsp3) is 0.238. The molecule has 1 amide bonds. The number of nitrogens with one attached hydrogen (secondary N) is 2. The average molecular weight is 400 g/mol. The molecule has 6 heteroatoms. The number of nitrogens with zero attached hydrogens (tertiary/aromatic N) is 1. The van der Waals surface area contributed by atoms with E-state index in [4.69, 9.17) is 23.2 Å². The molecule has 1 unspecified atom stereocenters. The van der Waals surface area contributed by atoms with E-state index in [1.54, 1.807) is 24.4 Å². The van der Waals surface area contributed by atoms with Crippen molar-refractivity contribution in [3.63, 3.8) is 0 Å². The van der Waals surface area contributed by atoms with Crippen molar-refractivity contribution in [2.75, 3.05) is 0 Å². The molecule has 2 N–H and O–H groups in total. The second-order valence-corrected chi connectivity index (χ2v) is 7.88. The molecule has 0 fully saturated rings. The number of rotatable bonds is 3. The quantitative estimate of drug-likeness (QED) is 0.451. The molecule has 0 spiro atoms. The van der Waals surface area contributed by atoms with Crippen molar-refractivity contribution in [2.24, 2.45) is 11.0 Å². The zero-order valence-corrected chi connectivity index (χ0v) is 16.4.